The molecule has 0 amide bonds. The zero-order valence-corrected chi connectivity index (χ0v) is 8.72. The van der Waals surface area contributed by atoms with Gasteiger partial charge in [0.15, 0.2) is 0 Å². The number of benzene rings is 1. The molecule has 15 heavy (non-hydrogen) atoms. The predicted octanol–water partition coefficient (Wildman–Crippen LogP) is 1.76. The zero-order valence-electron chi connectivity index (χ0n) is 8.72. The third-order valence-electron chi connectivity index (χ3n) is 2.06. The van der Waals surface area contributed by atoms with Crippen molar-refractivity contribution in [2.75, 3.05) is 11.9 Å². The van der Waals surface area contributed by atoms with Gasteiger partial charge in [-0.1, -0.05) is 30.3 Å². The normalized spacial score (nSPS) is 10.2. The van der Waals surface area contributed by atoms with Crippen molar-refractivity contribution >= 4 is 5.95 Å². The van der Waals surface area contributed by atoms with Gasteiger partial charge in [0.2, 0.25) is 5.95 Å². The molecule has 4 nitrogen and oxygen atoms in total. The highest BCUT2D eigenvalue weighted by atomic mass is 15.4. The minimum atomic E-state index is 0.688. The van der Waals surface area contributed by atoms with E-state index < -0.39 is 0 Å². The Morgan fingerprint density at radius 2 is 2.07 bits per heavy atom. The van der Waals surface area contributed by atoms with Gasteiger partial charge < -0.3 is 5.32 Å². The van der Waals surface area contributed by atoms with E-state index in [0.29, 0.717) is 5.95 Å². The summed E-state index contributed by atoms with van der Waals surface area (Å²) in [5.41, 5.74) is 1.23. The molecule has 0 spiro atoms. The molecule has 4 heteroatoms. The predicted molar refractivity (Wildman–Crippen MR) is 59.7 cm³/mol. The van der Waals surface area contributed by atoms with Crippen molar-refractivity contribution in [1.29, 1.82) is 0 Å². The number of nitrogens with one attached hydrogen (secondary N) is 1. The topological polar surface area (TPSA) is 42.7 Å². The quantitative estimate of drug-likeness (QED) is 0.821. The van der Waals surface area contributed by atoms with Crippen LogP contribution >= 0.6 is 0 Å². The van der Waals surface area contributed by atoms with Crippen molar-refractivity contribution in [3.63, 3.8) is 0 Å². The minimum absolute atomic E-state index is 0.688. The average molecular weight is 202 g/mol. The Balaban J connectivity index is 2.05. The fourth-order valence-electron chi connectivity index (χ4n) is 1.38. The molecule has 0 aliphatic heterocycles. The van der Waals surface area contributed by atoms with Gasteiger partial charge in [0.05, 0.1) is 6.54 Å². The first-order chi connectivity index (χ1) is 7.38. The fraction of sp³-hybridized carbons (Fsp3) is 0.273. The number of aromatic nitrogens is 3. The molecule has 78 valence electrons. The lowest BCUT2D eigenvalue weighted by Gasteiger charge is -1.99. The maximum Gasteiger partial charge on any atom is 0.242 e. The van der Waals surface area contributed by atoms with Crippen LogP contribution in [0.15, 0.2) is 36.7 Å². The molecule has 1 aromatic heterocycles. The van der Waals surface area contributed by atoms with E-state index >= 15 is 0 Å². The number of nitrogens with zero attached hydrogens (tertiary/aromatic N) is 3. The average Bonchev–Trinajstić information content (AvgIpc) is 2.68. The Morgan fingerprint density at radius 1 is 1.27 bits per heavy atom. The highest BCUT2D eigenvalue weighted by molar-refractivity contribution is 5.21. The van der Waals surface area contributed by atoms with E-state index in [0.717, 1.165) is 13.1 Å². The molecule has 0 atom stereocenters. The lowest BCUT2D eigenvalue weighted by Crippen LogP contribution is -2.02. The Bertz CT molecular complexity index is 408. The first kappa shape index (κ1) is 9.71. The minimum Gasteiger partial charge on any atom is -0.353 e. The van der Waals surface area contributed by atoms with E-state index in [1.165, 1.54) is 5.56 Å². The fourth-order valence-corrected chi connectivity index (χ4v) is 1.38. The van der Waals surface area contributed by atoms with Gasteiger partial charge >= 0.3 is 0 Å². The third-order valence-corrected chi connectivity index (χ3v) is 2.06. The van der Waals surface area contributed by atoms with Gasteiger partial charge in [-0.05, 0) is 12.5 Å². The summed E-state index contributed by atoms with van der Waals surface area (Å²) in [5.74, 6) is 0.688. The second-order valence-electron chi connectivity index (χ2n) is 3.28. The molecule has 0 unspecified atom stereocenters. The van der Waals surface area contributed by atoms with Crippen LogP contribution in [0.5, 0.6) is 0 Å². The van der Waals surface area contributed by atoms with E-state index in [1.54, 1.807) is 6.33 Å². The Kier molecular flexibility index (Phi) is 2.97. The molecule has 0 saturated heterocycles. The summed E-state index contributed by atoms with van der Waals surface area (Å²) in [7, 11) is 0. The summed E-state index contributed by atoms with van der Waals surface area (Å²) >= 11 is 0. The number of rotatable bonds is 4. The summed E-state index contributed by atoms with van der Waals surface area (Å²) in [6.07, 6.45) is 1.74. The van der Waals surface area contributed by atoms with Crippen LogP contribution in [0.4, 0.5) is 5.95 Å². The van der Waals surface area contributed by atoms with Crippen LogP contribution in [-0.2, 0) is 6.54 Å². The van der Waals surface area contributed by atoms with E-state index in [1.807, 2.05) is 29.8 Å². The molecular formula is C11H14N4. The van der Waals surface area contributed by atoms with E-state index in [9.17, 15) is 0 Å². The van der Waals surface area contributed by atoms with E-state index in [-0.39, 0.29) is 0 Å². The van der Waals surface area contributed by atoms with Gasteiger partial charge in [0.25, 0.3) is 0 Å². The van der Waals surface area contributed by atoms with Crippen molar-refractivity contribution in [2.45, 2.75) is 13.5 Å². The summed E-state index contributed by atoms with van der Waals surface area (Å²) in [6.45, 7) is 3.63. The molecule has 1 N–H and O–H groups in total. The largest absolute Gasteiger partial charge is 0.353 e. The molecule has 2 rings (SSSR count). The number of hydrogen-bond donors (Lipinski definition) is 1. The molecule has 0 aliphatic carbocycles. The molecule has 0 fully saturated rings. The second kappa shape index (κ2) is 4.59. The summed E-state index contributed by atoms with van der Waals surface area (Å²) in [5, 5.41) is 7.36. The standard InChI is InChI=1S/C11H14N4/c1-2-12-11-13-9-15(14-11)8-10-6-4-3-5-7-10/h3-7,9H,2,8H2,1H3,(H,12,14). The van der Waals surface area contributed by atoms with Crippen LogP contribution in [0.3, 0.4) is 0 Å². The van der Waals surface area contributed by atoms with Gasteiger partial charge in [0.1, 0.15) is 6.33 Å². The van der Waals surface area contributed by atoms with Crippen molar-refractivity contribution < 1.29 is 0 Å². The first-order valence-corrected chi connectivity index (χ1v) is 5.05. The lowest BCUT2D eigenvalue weighted by atomic mass is 10.2. The maximum atomic E-state index is 4.29. The van der Waals surface area contributed by atoms with Gasteiger partial charge in [-0.25, -0.2) is 9.67 Å². The van der Waals surface area contributed by atoms with E-state index in [2.05, 4.69) is 27.5 Å². The van der Waals surface area contributed by atoms with Crippen LogP contribution in [0, 0.1) is 0 Å². The SMILES string of the molecule is CCNc1ncn(Cc2ccccc2)n1. The lowest BCUT2D eigenvalue weighted by molar-refractivity contribution is 0.686. The zero-order chi connectivity index (χ0) is 10.5. The molecule has 2 aromatic rings. The molecule has 0 aliphatic rings. The number of anilines is 1. The summed E-state index contributed by atoms with van der Waals surface area (Å²) in [6, 6.07) is 10.2. The highest BCUT2D eigenvalue weighted by Crippen LogP contribution is 2.02. The molecule has 0 radical (unpaired) electrons. The van der Waals surface area contributed by atoms with Crippen LogP contribution in [0.25, 0.3) is 0 Å². The van der Waals surface area contributed by atoms with Gasteiger partial charge in [0, 0.05) is 6.54 Å². The molecule has 1 aromatic carbocycles. The van der Waals surface area contributed by atoms with Crippen LogP contribution < -0.4 is 5.32 Å². The van der Waals surface area contributed by atoms with Crippen molar-refractivity contribution in [3.05, 3.63) is 42.2 Å². The van der Waals surface area contributed by atoms with Crippen LogP contribution in [0.2, 0.25) is 0 Å². The van der Waals surface area contributed by atoms with Gasteiger partial charge in [-0.3, -0.25) is 0 Å². The van der Waals surface area contributed by atoms with E-state index in [4.69, 9.17) is 0 Å². The van der Waals surface area contributed by atoms with Gasteiger partial charge in [-0.2, -0.15) is 0 Å². The van der Waals surface area contributed by atoms with Crippen LogP contribution in [-0.4, -0.2) is 21.3 Å². The molecule has 0 bridgehead atoms. The number of hydrogen-bond acceptors (Lipinski definition) is 3. The molecule has 1 heterocycles. The van der Waals surface area contributed by atoms with Crippen molar-refractivity contribution in [2.24, 2.45) is 0 Å². The maximum absolute atomic E-state index is 4.29. The van der Waals surface area contributed by atoms with Crippen molar-refractivity contribution in [3.8, 4) is 0 Å². The Hall–Kier alpha value is -1.84. The molecule has 0 saturated carbocycles. The Labute approximate surface area is 89.0 Å². The van der Waals surface area contributed by atoms with Crippen molar-refractivity contribution in [1.82, 2.24) is 14.8 Å². The molecular weight excluding hydrogens is 188 g/mol. The smallest absolute Gasteiger partial charge is 0.242 e. The highest BCUT2D eigenvalue weighted by Gasteiger charge is 1.99. The van der Waals surface area contributed by atoms with Crippen LogP contribution in [0.1, 0.15) is 12.5 Å². The first-order valence-electron chi connectivity index (χ1n) is 5.05. The van der Waals surface area contributed by atoms with Gasteiger partial charge in [-0.15, -0.1) is 5.10 Å². The Morgan fingerprint density at radius 3 is 2.80 bits per heavy atom. The third kappa shape index (κ3) is 2.56. The summed E-state index contributed by atoms with van der Waals surface area (Å²) < 4.78 is 1.83. The second-order valence-corrected chi connectivity index (χ2v) is 3.28. The summed E-state index contributed by atoms with van der Waals surface area (Å²) in [4.78, 5) is 4.14. The monoisotopic (exact) mass is 202 g/mol.